The summed E-state index contributed by atoms with van der Waals surface area (Å²) >= 11 is 0. The van der Waals surface area contributed by atoms with Crippen LogP contribution in [0.3, 0.4) is 0 Å². The van der Waals surface area contributed by atoms with E-state index in [9.17, 15) is 8.78 Å². The Bertz CT molecular complexity index is 460. The zero-order chi connectivity index (χ0) is 14.3. The van der Waals surface area contributed by atoms with E-state index in [4.69, 9.17) is 5.84 Å². The minimum Gasteiger partial charge on any atom is -0.300 e. The van der Waals surface area contributed by atoms with Crippen molar-refractivity contribution in [3.63, 3.8) is 0 Å². The lowest BCUT2D eigenvalue weighted by Crippen LogP contribution is -2.45. The van der Waals surface area contributed by atoms with E-state index < -0.39 is 11.6 Å². The molecular weight excluding hydrogens is 260 g/mol. The van der Waals surface area contributed by atoms with Crippen molar-refractivity contribution in [2.24, 2.45) is 11.8 Å². The molecule has 3 unspecified atom stereocenters. The van der Waals surface area contributed by atoms with E-state index in [0.717, 1.165) is 18.9 Å². The molecule has 2 fully saturated rings. The van der Waals surface area contributed by atoms with Gasteiger partial charge in [-0.25, -0.2) is 8.78 Å². The maximum atomic E-state index is 13.4. The van der Waals surface area contributed by atoms with Gasteiger partial charge in [0, 0.05) is 24.2 Å². The molecule has 2 aliphatic rings. The summed E-state index contributed by atoms with van der Waals surface area (Å²) in [4.78, 5) is 2.44. The van der Waals surface area contributed by atoms with Gasteiger partial charge in [0.25, 0.3) is 0 Å². The molecule has 2 saturated heterocycles. The van der Waals surface area contributed by atoms with Crippen LogP contribution in [-0.4, -0.2) is 24.0 Å². The van der Waals surface area contributed by atoms with Crippen LogP contribution >= 0.6 is 0 Å². The first kappa shape index (κ1) is 13.9. The SMILES string of the molecule is CN1C2CCC1CC(C(NN)c1cc(F)cc(F)c1)C2. The van der Waals surface area contributed by atoms with Gasteiger partial charge in [0.2, 0.25) is 0 Å². The largest absolute Gasteiger partial charge is 0.300 e. The Labute approximate surface area is 118 Å². The van der Waals surface area contributed by atoms with Crippen LogP contribution in [-0.2, 0) is 0 Å². The Kier molecular flexibility index (Phi) is 3.75. The van der Waals surface area contributed by atoms with Crippen LogP contribution in [0.5, 0.6) is 0 Å². The van der Waals surface area contributed by atoms with E-state index in [-0.39, 0.29) is 6.04 Å². The smallest absolute Gasteiger partial charge is 0.126 e. The maximum absolute atomic E-state index is 13.4. The predicted octanol–water partition coefficient (Wildman–Crippen LogP) is 2.34. The second kappa shape index (κ2) is 5.39. The Morgan fingerprint density at radius 2 is 1.70 bits per heavy atom. The standard InChI is InChI=1S/C15H21F2N3/c1-20-13-2-3-14(20)7-10(6-13)15(19-18)9-4-11(16)8-12(17)5-9/h4-5,8,10,13-15,19H,2-3,6-7,18H2,1H3. The highest BCUT2D eigenvalue weighted by Crippen LogP contribution is 2.42. The summed E-state index contributed by atoms with van der Waals surface area (Å²) in [6.45, 7) is 0. The first-order valence-corrected chi connectivity index (χ1v) is 7.22. The molecular formula is C15H21F2N3. The average molecular weight is 281 g/mol. The van der Waals surface area contributed by atoms with Crippen LogP contribution in [0.1, 0.15) is 37.3 Å². The molecule has 0 saturated carbocycles. The molecule has 2 heterocycles. The lowest BCUT2D eigenvalue weighted by Gasteiger charge is -2.39. The zero-order valence-corrected chi connectivity index (χ0v) is 11.7. The molecule has 110 valence electrons. The molecule has 20 heavy (non-hydrogen) atoms. The summed E-state index contributed by atoms with van der Waals surface area (Å²) in [5.74, 6) is 4.91. The van der Waals surface area contributed by atoms with Crippen LogP contribution in [0.15, 0.2) is 18.2 Å². The molecule has 0 spiro atoms. The summed E-state index contributed by atoms with van der Waals surface area (Å²) < 4.78 is 26.8. The molecule has 3 nitrogen and oxygen atoms in total. The van der Waals surface area contributed by atoms with Crippen LogP contribution < -0.4 is 11.3 Å². The summed E-state index contributed by atoms with van der Waals surface area (Å²) in [5.41, 5.74) is 3.38. The van der Waals surface area contributed by atoms with Gasteiger partial charge in [-0.15, -0.1) is 0 Å². The highest BCUT2D eigenvalue weighted by atomic mass is 19.1. The minimum atomic E-state index is -0.545. The zero-order valence-electron chi connectivity index (χ0n) is 11.7. The van der Waals surface area contributed by atoms with Crippen molar-refractivity contribution in [1.82, 2.24) is 10.3 Å². The van der Waals surface area contributed by atoms with Crippen molar-refractivity contribution in [2.75, 3.05) is 7.05 Å². The number of hydrogen-bond acceptors (Lipinski definition) is 3. The number of fused-ring (bicyclic) bond motifs is 2. The molecule has 3 N–H and O–H groups in total. The van der Waals surface area contributed by atoms with Gasteiger partial charge in [0.05, 0.1) is 0 Å². The van der Waals surface area contributed by atoms with Crippen molar-refractivity contribution < 1.29 is 8.78 Å². The average Bonchev–Trinajstić information content (AvgIpc) is 2.62. The number of piperidine rings is 1. The Morgan fingerprint density at radius 1 is 1.15 bits per heavy atom. The van der Waals surface area contributed by atoms with E-state index in [0.29, 0.717) is 23.6 Å². The van der Waals surface area contributed by atoms with Crippen LogP contribution in [0.25, 0.3) is 0 Å². The molecule has 1 aromatic rings. The Hall–Kier alpha value is -1.04. The third kappa shape index (κ3) is 2.45. The van der Waals surface area contributed by atoms with Gasteiger partial charge in [0.15, 0.2) is 0 Å². The topological polar surface area (TPSA) is 41.3 Å². The Balaban J connectivity index is 1.83. The highest BCUT2D eigenvalue weighted by Gasteiger charge is 2.41. The number of benzene rings is 1. The van der Waals surface area contributed by atoms with Gasteiger partial charge < -0.3 is 4.90 Å². The molecule has 2 bridgehead atoms. The van der Waals surface area contributed by atoms with Gasteiger partial charge in [-0.3, -0.25) is 11.3 Å². The van der Waals surface area contributed by atoms with Gasteiger partial charge in [0.1, 0.15) is 11.6 Å². The second-order valence-electron chi connectivity index (χ2n) is 6.13. The van der Waals surface area contributed by atoms with Crippen molar-refractivity contribution in [3.8, 4) is 0 Å². The molecule has 0 aliphatic carbocycles. The second-order valence-corrected chi connectivity index (χ2v) is 6.13. The molecule has 3 rings (SSSR count). The first-order valence-electron chi connectivity index (χ1n) is 7.22. The Morgan fingerprint density at radius 3 is 2.20 bits per heavy atom. The number of halogens is 2. The molecule has 0 amide bonds. The molecule has 2 aliphatic heterocycles. The first-order chi connectivity index (χ1) is 9.58. The molecule has 0 aromatic heterocycles. The monoisotopic (exact) mass is 281 g/mol. The lowest BCUT2D eigenvalue weighted by atomic mass is 9.82. The van der Waals surface area contributed by atoms with Gasteiger partial charge in [-0.05, 0) is 56.3 Å². The van der Waals surface area contributed by atoms with E-state index in [1.807, 2.05) is 0 Å². The fourth-order valence-corrected chi connectivity index (χ4v) is 3.98. The summed E-state index contributed by atoms with van der Waals surface area (Å²) in [6, 6.07) is 4.63. The summed E-state index contributed by atoms with van der Waals surface area (Å²) in [7, 11) is 2.17. The molecule has 5 heteroatoms. The fraction of sp³-hybridized carbons (Fsp3) is 0.600. The fourth-order valence-electron chi connectivity index (χ4n) is 3.98. The number of nitrogens with zero attached hydrogens (tertiary/aromatic N) is 1. The maximum Gasteiger partial charge on any atom is 0.126 e. The number of rotatable bonds is 3. The summed E-state index contributed by atoms with van der Waals surface area (Å²) in [6.07, 6.45) is 4.49. The van der Waals surface area contributed by atoms with Gasteiger partial charge >= 0.3 is 0 Å². The molecule has 3 atom stereocenters. The number of hydrazine groups is 1. The molecule has 0 radical (unpaired) electrons. The van der Waals surface area contributed by atoms with Gasteiger partial charge in [-0.2, -0.15) is 0 Å². The highest BCUT2D eigenvalue weighted by molar-refractivity contribution is 5.22. The van der Waals surface area contributed by atoms with Crippen LogP contribution in [0.4, 0.5) is 8.78 Å². The number of nitrogens with two attached hydrogens (primary N) is 1. The van der Waals surface area contributed by atoms with E-state index in [2.05, 4.69) is 17.4 Å². The van der Waals surface area contributed by atoms with Crippen molar-refractivity contribution in [2.45, 2.75) is 43.8 Å². The molecule has 1 aromatic carbocycles. The van der Waals surface area contributed by atoms with Crippen LogP contribution in [0.2, 0.25) is 0 Å². The van der Waals surface area contributed by atoms with E-state index in [1.165, 1.54) is 25.0 Å². The van der Waals surface area contributed by atoms with E-state index >= 15 is 0 Å². The lowest BCUT2D eigenvalue weighted by molar-refractivity contribution is 0.112. The quantitative estimate of drug-likeness (QED) is 0.660. The van der Waals surface area contributed by atoms with E-state index in [1.54, 1.807) is 0 Å². The van der Waals surface area contributed by atoms with Gasteiger partial charge in [-0.1, -0.05) is 0 Å². The number of nitrogens with one attached hydrogen (secondary N) is 1. The van der Waals surface area contributed by atoms with Crippen molar-refractivity contribution in [3.05, 3.63) is 35.4 Å². The normalized spacial score (nSPS) is 31.5. The third-order valence-corrected chi connectivity index (χ3v) is 5.03. The van der Waals surface area contributed by atoms with Crippen LogP contribution in [0, 0.1) is 17.6 Å². The number of hydrogen-bond donors (Lipinski definition) is 2. The van der Waals surface area contributed by atoms with Crippen molar-refractivity contribution in [1.29, 1.82) is 0 Å². The minimum absolute atomic E-state index is 0.183. The van der Waals surface area contributed by atoms with Crippen molar-refractivity contribution >= 4 is 0 Å². The summed E-state index contributed by atoms with van der Waals surface area (Å²) in [5, 5.41) is 0. The third-order valence-electron chi connectivity index (χ3n) is 5.03. The predicted molar refractivity (Wildman–Crippen MR) is 73.7 cm³/mol.